The summed E-state index contributed by atoms with van der Waals surface area (Å²) in [6.45, 7) is 6.14. The van der Waals surface area contributed by atoms with Gasteiger partial charge in [0.05, 0.1) is 5.69 Å². The van der Waals surface area contributed by atoms with E-state index in [0.29, 0.717) is 18.4 Å². The van der Waals surface area contributed by atoms with Crippen molar-refractivity contribution in [2.75, 3.05) is 54.1 Å². The molecule has 2 aliphatic rings. The molecular weight excluding hydrogens is 394 g/mol. The summed E-state index contributed by atoms with van der Waals surface area (Å²) in [6.07, 6.45) is 1.93. The standard InChI is InChI=1S/C21H25N9O/c1-14(31)24-16-3-5-17(6-4-16)25-20-26-21-23-13-15-12-22-19(11-18(15)30(21)27-20)29-9-7-28(2)8-10-29/h3-6,11-12H,7-10,13H2,1-2H3,(H,24,31)(H2,23,25,26,27). The molecule has 10 nitrogen and oxygen atoms in total. The van der Waals surface area contributed by atoms with E-state index in [1.807, 2.05) is 35.1 Å². The summed E-state index contributed by atoms with van der Waals surface area (Å²) < 4.78 is 1.83. The first-order chi connectivity index (χ1) is 15.0. The SMILES string of the molecule is CC(=O)Nc1ccc(Nc2nc3n(n2)-c2cc(N4CCN(C)CC4)ncc2CN3)cc1. The van der Waals surface area contributed by atoms with Gasteiger partial charge in [-0.3, -0.25) is 4.79 Å². The smallest absolute Gasteiger partial charge is 0.248 e. The van der Waals surface area contributed by atoms with Crippen LogP contribution in [0.15, 0.2) is 36.5 Å². The van der Waals surface area contributed by atoms with E-state index in [0.717, 1.165) is 54.6 Å². The summed E-state index contributed by atoms with van der Waals surface area (Å²) in [5.74, 6) is 2.07. The lowest BCUT2D eigenvalue weighted by Crippen LogP contribution is -2.44. The van der Waals surface area contributed by atoms with Gasteiger partial charge in [0.2, 0.25) is 17.8 Å². The number of pyridine rings is 1. The quantitative estimate of drug-likeness (QED) is 0.590. The number of fused-ring (bicyclic) bond motifs is 3. The molecule has 0 radical (unpaired) electrons. The van der Waals surface area contributed by atoms with E-state index < -0.39 is 0 Å². The molecule has 0 bridgehead atoms. The molecule has 0 unspecified atom stereocenters. The first-order valence-electron chi connectivity index (χ1n) is 10.3. The topological polar surface area (TPSA) is 103 Å². The van der Waals surface area contributed by atoms with Gasteiger partial charge in [0, 0.05) is 68.8 Å². The Bertz CT molecular complexity index is 1100. The van der Waals surface area contributed by atoms with E-state index in [9.17, 15) is 4.79 Å². The van der Waals surface area contributed by atoms with Crippen LogP contribution in [0.4, 0.5) is 29.1 Å². The van der Waals surface area contributed by atoms with Crippen LogP contribution in [-0.4, -0.2) is 63.8 Å². The molecule has 1 fully saturated rings. The van der Waals surface area contributed by atoms with Gasteiger partial charge < -0.3 is 25.8 Å². The number of hydrogen-bond donors (Lipinski definition) is 3. The Kier molecular flexibility index (Phi) is 4.91. The normalized spacial score (nSPS) is 15.6. The summed E-state index contributed by atoms with van der Waals surface area (Å²) in [4.78, 5) is 25.1. The average Bonchev–Trinajstić information content (AvgIpc) is 3.18. The highest BCUT2D eigenvalue weighted by atomic mass is 16.1. The molecule has 0 saturated carbocycles. The number of piperazine rings is 1. The van der Waals surface area contributed by atoms with Crippen LogP contribution >= 0.6 is 0 Å². The number of carbonyl (C=O) groups excluding carboxylic acids is 1. The van der Waals surface area contributed by atoms with E-state index in [1.54, 1.807) is 0 Å². The zero-order chi connectivity index (χ0) is 21.4. The summed E-state index contributed by atoms with van der Waals surface area (Å²) in [5, 5.41) is 14.0. The first-order valence-corrected chi connectivity index (χ1v) is 10.3. The second kappa shape index (κ2) is 7.88. The van der Waals surface area contributed by atoms with E-state index in [1.165, 1.54) is 6.92 Å². The monoisotopic (exact) mass is 419 g/mol. The van der Waals surface area contributed by atoms with Gasteiger partial charge in [0.25, 0.3) is 0 Å². The Morgan fingerprint density at radius 3 is 2.58 bits per heavy atom. The molecule has 1 saturated heterocycles. The Morgan fingerprint density at radius 2 is 1.84 bits per heavy atom. The van der Waals surface area contributed by atoms with Crippen molar-refractivity contribution in [3.05, 3.63) is 42.1 Å². The molecule has 1 amide bonds. The lowest BCUT2D eigenvalue weighted by molar-refractivity contribution is -0.114. The minimum atomic E-state index is -0.0978. The summed E-state index contributed by atoms with van der Waals surface area (Å²) in [5.41, 5.74) is 3.67. The second-order valence-corrected chi connectivity index (χ2v) is 7.87. The van der Waals surface area contributed by atoms with E-state index >= 15 is 0 Å². The highest BCUT2D eigenvalue weighted by Gasteiger charge is 2.23. The van der Waals surface area contributed by atoms with Crippen molar-refractivity contribution in [2.45, 2.75) is 13.5 Å². The summed E-state index contributed by atoms with van der Waals surface area (Å²) >= 11 is 0. The number of rotatable bonds is 4. The fourth-order valence-corrected chi connectivity index (χ4v) is 3.80. The molecule has 2 aliphatic heterocycles. The molecule has 10 heteroatoms. The molecule has 160 valence electrons. The number of anilines is 5. The van der Waals surface area contributed by atoms with Crippen molar-refractivity contribution in [2.24, 2.45) is 0 Å². The molecule has 31 heavy (non-hydrogen) atoms. The van der Waals surface area contributed by atoms with Crippen molar-refractivity contribution in [3.8, 4) is 5.69 Å². The number of hydrogen-bond acceptors (Lipinski definition) is 8. The minimum absolute atomic E-state index is 0.0978. The molecule has 0 spiro atoms. The Balaban J connectivity index is 1.37. The molecule has 0 aliphatic carbocycles. The predicted octanol–water partition coefficient (Wildman–Crippen LogP) is 2.04. The number of likely N-dealkylation sites (N-methyl/N-ethyl adjacent to an activating group) is 1. The average molecular weight is 419 g/mol. The lowest BCUT2D eigenvalue weighted by Gasteiger charge is -2.33. The largest absolute Gasteiger partial charge is 0.354 e. The third-order valence-electron chi connectivity index (χ3n) is 5.51. The molecule has 3 aromatic rings. The molecule has 4 heterocycles. The zero-order valence-electron chi connectivity index (χ0n) is 17.6. The number of nitrogens with zero attached hydrogens (tertiary/aromatic N) is 6. The maximum atomic E-state index is 11.2. The van der Waals surface area contributed by atoms with Crippen molar-refractivity contribution in [1.29, 1.82) is 0 Å². The third-order valence-corrected chi connectivity index (χ3v) is 5.51. The van der Waals surface area contributed by atoms with Crippen molar-refractivity contribution in [1.82, 2.24) is 24.6 Å². The summed E-state index contributed by atoms with van der Waals surface area (Å²) in [7, 11) is 2.15. The van der Waals surface area contributed by atoms with Gasteiger partial charge in [-0.2, -0.15) is 9.67 Å². The van der Waals surface area contributed by atoms with E-state index in [-0.39, 0.29) is 5.91 Å². The zero-order valence-corrected chi connectivity index (χ0v) is 17.6. The van der Waals surface area contributed by atoms with Gasteiger partial charge in [0.15, 0.2) is 0 Å². The lowest BCUT2D eigenvalue weighted by atomic mass is 10.2. The van der Waals surface area contributed by atoms with Gasteiger partial charge in [-0.05, 0) is 31.3 Å². The predicted molar refractivity (Wildman–Crippen MR) is 120 cm³/mol. The molecule has 3 N–H and O–H groups in total. The maximum absolute atomic E-state index is 11.2. The summed E-state index contributed by atoms with van der Waals surface area (Å²) in [6, 6.07) is 9.53. The van der Waals surface area contributed by atoms with Crippen molar-refractivity contribution < 1.29 is 4.79 Å². The van der Waals surface area contributed by atoms with E-state index in [4.69, 9.17) is 0 Å². The number of benzene rings is 1. The van der Waals surface area contributed by atoms with E-state index in [2.05, 4.69) is 53.9 Å². The Labute approximate surface area is 180 Å². The number of aromatic nitrogens is 4. The fraction of sp³-hybridized carbons (Fsp3) is 0.333. The van der Waals surface area contributed by atoms with Crippen LogP contribution in [0.25, 0.3) is 5.69 Å². The van der Waals surface area contributed by atoms with Crippen LogP contribution in [0.5, 0.6) is 0 Å². The van der Waals surface area contributed by atoms with Crippen LogP contribution in [0.2, 0.25) is 0 Å². The Hall–Kier alpha value is -3.66. The van der Waals surface area contributed by atoms with Gasteiger partial charge in [-0.25, -0.2) is 4.98 Å². The molecule has 5 rings (SSSR count). The first kappa shape index (κ1) is 19.3. The van der Waals surface area contributed by atoms with Gasteiger partial charge in [-0.15, -0.1) is 5.10 Å². The highest BCUT2D eigenvalue weighted by Crippen LogP contribution is 2.29. The Morgan fingerprint density at radius 1 is 1.10 bits per heavy atom. The highest BCUT2D eigenvalue weighted by molar-refractivity contribution is 5.88. The number of nitrogens with one attached hydrogen (secondary N) is 3. The van der Waals surface area contributed by atoms with Crippen molar-refractivity contribution >= 4 is 35.0 Å². The van der Waals surface area contributed by atoms with Crippen LogP contribution in [0, 0.1) is 0 Å². The fourth-order valence-electron chi connectivity index (χ4n) is 3.80. The molecule has 0 atom stereocenters. The van der Waals surface area contributed by atoms with Crippen LogP contribution < -0.4 is 20.9 Å². The third kappa shape index (κ3) is 4.02. The molecule has 2 aromatic heterocycles. The van der Waals surface area contributed by atoms with Crippen LogP contribution in [-0.2, 0) is 11.3 Å². The molecule has 1 aromatic carbocycles. The number of carbonyl (C=O) groups is 1. The van der Waals surface area contributed by atoms with Gasteiger partial charge in [0.1, 0.15) is 5.82 Å². The maximum Gasteiger partial charge on any atom is 0.248 e. The second-order valence-electron chi connectivity index (χ2n) is 7.87. The number of amides is 1. The van der Waals surface area contributed by atoms with Crippen LogP contribution in [0.3, 0.4) is 0 Å². The van der Waals surface area contributed by atoms with Gasteiger partial charge >= 0.3 is 0 Å². The minimum Gasteiger partial charge on any atom is -0.354 e. The van der Waals surface area contributed by atoms with Crippen molar-refractivity contribution in [3.63, 3.8) is 0 Å². The van der Waals surface area contributed by atoms with Gasteiger partial charge in [-0.1, -0.05) is 0 Å². The molecular formula is C21H25N9O. The van der Waals surface area contributed by atoms with Crippen LogP contribution in [0.1, 0.15) is 12.5 Å².